The van der Waals surface area contributed by atoms with Crippen molar-refractivity contribution in [2.45, 2.75) is 18.9 Å². The van der Waals surface area contributed by atoms with Crippen LogP contribution in [0.5, 0.6) is 0 Å². The van der Waals surface area contributed by atoms with E-state index in [9.17, 15) is 13.7 Å². The van der Waals surface area contributed by atoms with Gasteiger partial charge < -0.3 is 4.98 Å². The van der Waals surface area contributed by atoms with Crippen molar-refractivity contribution >= 4 is 32.7 Å². The van der Waals surface area contributed by atoms with Gasteiger partial charge in [0.05, 0.1) is 40.5 Å². The largest absolute Gasteiger partial charge is 0.344 e. The number of H-pyrrole nitrogens is 1. The molecule has 0 aliphatic carbocycles. The number of aromatic amines is 1. The Morgan fingerprint density at radius 1 is 1.41 bits per heavy atom. The zero-order chi connectivity index (χ0) is 19.2. The maximum atomic E-state index is 12.1. The Labute approximate surface area is 160 Å². The van der Waals surface area contributed by atoms with Gasteiger partial charge in [-0.2, -0.15) is 14.7 Å². The molecule has 1 fully saturated rings. The van der Waals surface area contributed by atoms with Crippen molar-refractivity contribution in [3.05, 3.63) is 29.9 Å². The van der Waals surface area contributed by atoms with E-state index < -0.39 is 15.6 Å². The molecule has 9 nitrogen and oxygen atoms in total. The van der Waals surface area contributed by atoms with Crippen molar-refractivity contribution in [1.82, 2.24) is 29.0 Å². The van der Waals surface area contributed by atoms with E-state index in [-0.39, 0.29) is 25.3 Å². The Morgan fingerprint density at radius 3 is 2.89 bits per heavy atom. The summed E-state index contributed by atoms with van der Waals surface area (Å²) in [5.74, 6) is 0.0326. The minimum atomic E-state index is -3.29. The summed E-state index contributed by atoms with van der Waals surface area (Å²) in [5, 5.41) is 14.8. The van der Waals surface area contributed by atoms with Gasteiger partial charge in [-0.25, -0.2) is 18.4 Å². The van der Waals surface area contributed by atoms with E-state index in [2.05, 4.69) is 26.1 Å². The van der Waals surface area contributed by atoms with Gasteiger partial charge in [0.2, 0.25) is 10.0 Å². The summed E-state index contributed by atoms with van der Waals surface area (Å²) >= 11 is 6.24. The second-order valence-electron chi connectivity index (χ2n) is 6.48. The highest BCUT2D eigenvalue weighted by atomic mass is 35.5. The highest BCUT2D eigenvalue weighted by molar-refractivity contribution is 7.89. The summed E-state index contributed by atoms with van der Waals surface area (Å²) in [4.78, 5) is 11.5. The first-order chi connectivity index (χ1) is 12.9. The van der Waals surface area contributed by atoms with E-state index in [0.717, 1.165) is 5.56 Å². The number of halogens is 1. The fourth-order valence-electron chi connectivity index (χ4n) is 3.32. The fourth-order valence-corrected chi connectivity index (χ4v) is 4.80. The summed E-state index contributed by atoms with van der Waals surface area (Å²) in [7, 11) is -3.29. The van der Waals surface area contributed by atoms with Crippen LogP contribution in [-0.2, 0) is 15.6 Å². The van der Waals surface area contributed by atoms with Gasteiger partial charge in [0, 0.05) is 31.0 Å². The Balaban J connectivity index is 1.71. The zero-order valence-electron chi connectivity index (χ0n) is 14.4. The molecular weight excluding hydrogens is 390 g/mol. The summed E-state index contributed by atoms with van der Waals surface area (Å²) in [6, 6.07) is 2.15. The van der Waals surface area contributed by atoms with Gasteiger partial charge in [0.1, 0.15) is 17.5 Å². The highest BCUT2D eigenvalue weighted by Crippen LogP contribution is 2.36. The molecule has 0 unspecified atom stereocenters. The molecule has 1 saturated heterocycles. The molecule has 0 saturated carbocycles. The van der Waals surface area contributed by atoms with Crippen molar-refractivity contribution in [3.8, 4) is 17.3 Å². The average molecular weight is 406 g/mol. The highest BCUT2D eigenvalue weighted by Gasteiger charge is 2.49. The Hall–Kier alpha value is -2.48. The lowest BCUT2D eigenvalue weighted by molar-refractivity contribution is 0.0719. The molecule has 11 heteroatoms. The maximum Gasteiger partial charge on any atom is 0.213 e. The fraction of sp³-hybridized carbons (Fsp3) is 0.375. The quantitative estimate of drug-likeness (QED) is 0.690. The number of nitriles is 1. The summed E-state index contributed by atoms with van der Waals surface area (Å²) in [5.41, 5.74) is 1.29. The maximum absolute atomic E-state index is 12.1. The third-order valence-electron chi connectivity index (χ3n) is 4.87. The van der Waals surface area contributed by atoms with E-state index >= 15 is 0 Å². The molecule has 0 aromatic carbocycles. The molecule has 4 rings (SSSR count). The molecule has 3 aromatic rings. The summed E-state index contributed by atoms with van der Waals surface area (Å²) < 4.78 is 27.2. The van der Waals surface area contributed by atoms with Crippen LogP contribution in [0.1, 0.15) is 13.3 Å². The predicted octanol–water partition coefficient (Wildman–Crippen LogP) is 1.75. The average Bonchev–Trinajstić information content (AvgIpc) is 3.25. The van der Waals surface area contributed by atoms with E-state index in [1.165, 1.54) is 10.6 Å². The van der Waals surface area contributed by atoms with Gasteiger partial charge in [-0.1, -0.05) is 11.6 Å². The molecule has 27 heavy (non-hydrogen) atoms. The second-order valence-corrected chi connectivity index (χ2v) is 9.15. The Morgan fingerprint density at radius 2 is 2.19 bits per heavy atom. The first-order valence-corrected chi connectivity index (χ1v) is 10.3. The van der Waals surface area contributed by atoms with Crippen molar-refractivity contribution in [3.63, 3.8) is 0 Å². The van der Waals surface area contributed by atoms with Crippen LogP contribution in [0.15, 0.2) is 24.9 Å². The normalized spacial score (nSPS) is 16.9. The molecule has 4 heterocycles. The van der Waals surface area contributed by atoms with Crippen LogP contribution in [0, 0.1) is 11.3 Å². The van der Waals surface area contributed by atoms with E-state index in [4.69, 9.17) is 11.6 Å². The number of sulfonamides is 1. The SMILES string of the molecule is CCS(=O)(=O)N1CC(CC#N)(n2cc(-c3ncnc4[nH]cc(Cl)c34)cn2)C1. The van der Waals surface area contributed by atoms with Gasteiger partial charge >= 0.3 is 0 Å². The van der Waals surface area contributed by atoms with Crippen LogP contribution >= 0.6 is 11.6 Å². The van der Waals surface area contributed by atoms with Crippen LogP contribution in [0.3, 0.4) is 0 Å². The lowest BCUT2D eigenvalue weighted by atomic mass is 9.89. The van der Waals surface area contributed by atoms with Gasteiger partial charge in [0.15, 0.2) is 0 Å². The van der Waals surface area contributed by atoms with Crippen LogP contribution in [-0.4, -0.2) is 56.3 Å². The first-order valence-electron chi connectivity index (χ1n) is 8.28. The van der Waals surface area contributed by atoms with Gasteiger partial charge in [-0.15, -0.1) is 0 Å². The minimum Gasteiger partial charge on any atom is -0.344 e. The van der Waals surface area contributed by atoms with Crippen LogP contribution in [0.2, 0.25) is 5.02 Å². The number of hydrogen-bond acceptors (Lipinski definition) is 6. The van der Waals surface area contributed by atoms with Gasteiger partial charge in [0.25, 0.3) is 0 Å². The Kier molecular flexibility index (Phi) is 4.18. The summed E-state index contributed by atoms with van der Waals surface area (Å²) in [6.45, 7) is 2.05. The number of aromatic nitrogens is 5. The first kappa shape index (κ1) is 17.9. The topological polar surface area (TPSA) is 121 Å². The number of rotatable bonds is 5. The monoisotopic (exact) mass is 405 g/mol. The number of fused-ring (bicyclic) bond motifs is 1. The third-order valence-corrected chi connectivity index (χ3v) is 6.94. The number of nitrogens with zero attached hydrogens (tertiary/aromatic N) is 6. The molecule has 0 radical (unpaired) electrons. The Bertz CT molecular complexity index is 1160. The number of nitrogens with one attached hydrogen (secondary N) is 1. The molecule has 1 aliphatic heterocycles. The van der Waals surface area contributed by atoms with Crippen LogP contribution in [0.4, 0.5) is 0 Å². The van der Waals surface area contributed by atoms with Crippen molar-refractivity contribution in [1.29, 1.82) is 5.26 Å². The van der Waals surface area contributed by atoms with E-state index in [1.807, 2.05) is 0 Å². The zero-order valence-corrected chi connectivity index (χ0v) is 16.0. The number of hydrogen-bond donors (Lipinski definition) is 1. The van der Waals surface area contributed by atoms with Crippen molar-refractivity contribution < 1.29 is 8.42 Å². The van der Waals surface area contributed by atoms with Gasteiger partial charge in [-0.3, -0.25) is 4.68 Å². The molecule has 0 spiro atoms. The molecular formula is C16H16ClN7O2S. The third kappa shape index (κ3) is 2.79. The molecule has 3 aromatic heterocycles. The van der Waals surface area contributed by atoms with Crippen molar-refractivity contribution in [2.75, 3.05) is 18.8 Å². The van der Waals surface area contributed by atoms with Crippen molar-refractivity contribution in [2.24, 2.45) is 0 Å². The van der Waals surface area contributed by atoms with Crippen LogP contribution < -0.4 is 0 Å². The summed E-state index contributed by atoms with van der Waals surface area (Å²) in [6.07, 6.45) is 6.66. The molecule has 1 aliphatic rings. The van der Waals surface area contributed by atoms with Gasteiger partial charge in [-0.05, 0) is 6.92 Å². The second kappa shape index (κ2) is 6.30. The molecule has 0 bridgehead atoms. The predicted molar refractivity (Wildman–Crippen MR) is 99.4 cm³/mol. The molecule has 0 atom stereocenters. The molecule has 1 N–H and O–H groups in total. The van der Waals surface area contributed by atoms with E-state index in [1.54, 1.807) is 30.2 Å². The molecule has 0 amide bonds. The van der Waals surface area contributed by atoms with Crippen LogP contribution in [0.25, 0.3) is 22.3 Å². The lowest BCUT2D eigenvalue weighted by Crippen LogP contribution is -2.64. The minimum absolute atomic E-state index is 0.0326. The smallest absolute Gasteiger partial charge is 0.213 e. The standard InChI is InChI=1S/C16H16ClN7O2S/c1-2-27(25,26)23-8-16(9-23,3-4-18)24-7-11(5-22-24)14-13-12(17)6-19-15(13)21-10-20-14/h5-7,10H,2-3,8-9H2,1H3,(H,19,20,21). The lowest BCUT2D eigenvalue weighted by Gasteiger charge is -2.47. The molecule has 140 valence electrons. The van der Waals surface area contributed by atoms with E-state index in [0.29, 0.717) is 21.7 Å².